The number of hydrogen-bond acceptors (Lipinski definition) is 4. The van der Waals surface area contributed by atoms with E-state index < -0.39 is 0 Å². The van der Waals surface area contributed by atoms with E-state index in [9.17, 15) is 18.8 Å². The van der Waals surface area contributed by atoms with E-state index in [4.69, 9.17) is 0 Å². The molecule has 0 aliphatic carbocycles. The van der Waals surface area contributed by atoms with Crippen molar-refractivity contribution >= 4 is 11.7 Å². The van der Waals surface area contributed by atoms with Crippen LogP contribution < -0.4 is 21.5 Å². The fraction of sp³-hybridized carbons (Fsp3) is 0.421. The quantitative estimate of drug-likeness (QED) is 0.857. The highest BCUT2D eigenvalue weighted by molar-refractivity contribution is 5.79. The lowest BCUT2D eigenvalue weighted by Gasteiger charge is -2.33. The average molecular weight is 374 g/mol. The van der Waals surface area contributed by atoms with Gasteiger partial charge in [-0.2, -0.15) is 0 Å². The first-order chi connectivity index (χ1) is 12.9. The molecule has 2 aromatic rings. The Bertz CT molecular complexity index is 941. The highest BCUT2D eigenvalue weighted by atomic mass is 19.1. The van der Waals surface area contributed by atoms with Crippen LogP contribution in [0, 0.1) is 11.7 Å². The summed E-state index contributed by atoms with van der Waals surface area (Å²) in [7, 11) is 3.09. The van der Waals surface area contributed by atoms with Gasteiger partial charge in [-0.05, 0) is 30.5 Å². The second kappa shape index (κ2) is 7.77. The van der Waals surface area contributed by atoms with Crippen LogP contribution in [0.5, 0.6) is 0 Å². The molecule has 27 heavy (non-hydrogen) atoms. The summed E-state index contributed by atoms with van der Waals surface area (Å²) in [4.78, 5) is 38.3. The summed E-state index contributed by atoms with van der Waals surface area (Å²) < 4.78 is 15.4. The number of anilines is 1. The molecular formula is C19H23FN4O3. The number of benzene rings is 1. The smallest absolute Gasteiger partial charge is 0.332 e. The molecule has 8 heteroatoms. The number of amides is 1. The maximum Gasteiger partial charge on any atom is 0.332 e. The minimum Gasteiger partial charge on any atom is -0.358 e. The monoisotopic (exact) mass is 374 g/mol. The molecule has 0 bridgehead atoms. The van der Waals surface area contributed by atoms with Gasteiger partial charge in [-0.1, -0.05) is 12.1 Å². The zero-order valence-corrected chi connectivity index (χ0v) is 15.4. The van der Waals surface area contributed by atoms with Crippen molar-refractivity contribution in [2.75, 3.05) is 18.0 Å². The van der Waals surface area contributed by atoms with E-state index in [2.05, 4.69) is 5.32 Å². The van der Waals surface area contributed by atoms with Crippen LogP contribution in [0.3, 0.4) is 0 Å². The van der Waals surface area contributed by atoms with E-state index in [0.29, 0.717) is 38.3 Å². The number of nitrogens with zero attached hydrogens (tertiary/aromatic N) is 3. The predicted molar refractivity (Wildman–Crippen MR) is 100 cm³/mol. The maximum absolute atomic E-state index is 12.9. The number of nitrogens with one attached hydrogen (secondary N) is 1. The fourth-order valence-electron chi connectivity index (χ4n) is 3.33. The van der Waals surface area contributed by atoms with E-state index in [1.807, 2.05) is 4.90 Å². The first kappa shape index (κ1) is 18.9. The molecule has 1 saturated heterocycles. The number of carbonyl (C=O) groups excluding carboxylic acids is 1. The van der Waals surface area contributed by atoms with E-state index >= 15 is 0 Å². The van der Waals surface area contributed by atoms with Crippen LogP contribution >= 0.6 is 0 Å². The Balaban J connectivity index is 1.59. The van der Waals surface area contributed by atoms with Gasteiger partial charge in [-0.15, -0.1) is 0 Å². The van der Waals surface area contributed by atoms with E-state index in [0.717, 1.165) is 10.1 Å². The Labute approximate surface area is 156 Å². The molecule has 1 N–H and O–H groups in total. The SMILES string of the molecule is Cn1c(N2CCC(C(=O)NCc3ccc(F)cc3)CC2)cc(=O)n(C)c1=O. The first-order valence-corrected chi connectivity index (χ1v) is 8.91. The predicted octanol–water partition coefficient (Wildman–Crippen LogP) is 0.756. The zero-order valence-electron chi connectivity index (χ0n) is 15.4. The second-order valence-corrected chi connectivity index (χ2v) is 6.85. The van der Waals surface area contributed by atoms with Gasteiger partial charge in [0.25, 0.3) is 5.56 Å². The van der Waals surface area contributed by atoms with Crippen LogP contribution in [0.25, 0.3) is 0 Å². The van der Waals surface area contributed by atoms with Crippen molar-refractivity contribution in [1.29, 1.82) is 0 Å². The summed E-state index contributed by atoms with van der Waals surface area (Å²) in [6.45, 7) is 1.55. The number of hydrogen-bond donors (Lipinski definition) is 1. The number of piperidine rings is 1. The summed E-state index contributed by atoms with van der Waals surface area (Å²) in [5.74, 6) is 0.123. The number of rotatable bonds is 4. The van der Waals surface area contributed by atoms with Gasteiger partial charge in [-0.25, -0.2) is 9.18 Å². The van der Waals surface area contributed by atoms with Crippen molar-refractivity contribution in [3.05, 3.63) is 62.6 Å². The van der Waals surface area contributed by atoms with Crippen molar-refractivity contribution in [1.82, 2.24) is 14.5 Å². The summed E-state index contributed by atoms with van der Waals surface area (Å²) in [6.07, 6.45) is 1.28. The normalized spacial score (nSPS) is 15.0. The van der Waals surface area contributed by atoms with E-state index in [1.54, 1.807) is 19.2 Å². The molecule has 1 amide bonds. The third-order valence-corrected chi connectivity index (χ3v) is 5.07. The van der Waals surface area contributed by atoms with E-state index in [-0.39, 0.29) is 28.9 Å². The number of halogens is 1. The molecule has 1 aromatic carbocycles. The third kappa shape index (κ3) is 4.10. The van der Waals surface area contributed by atoms with Crippen LogP contribution in [0.2, 0.25) is 0 Å². The van der Waals surface area contributed by atoms with Gasteiger partial charge in [0.05, 0.1) is 0 Å². The Morgan fingerprint density at radius 3 is 2.37 bits per heavy atom. The largest absolute Gasteiger partial charge is 0.358 e. The summed E-state index contributed by atoms with van der Waals surface area (Å²) in [5.41, 5.74) is 0.140. The summed E-state index contributed by atoms with van der Waals surface area (Å²) >= 11 is 0. The lowest BCUT2D eigenvalue weighted by molar-refractivity contribution is -0.125. The van der Waals surface area contributed by atoms with Crippen LogP contribution in [-0.4, -0.2) is 28.1 Å². The van der Waals surface area contributed by atoms with Crippen LogP contribution in [0.4, 0.5) is 10.2 Å². The average Bonchev–Trinajstić information content (AvgIpc) is 2.68. The van der Waals surface area contributed by atoms with Gasteiger partial charge < -0.3 is 10.2 Å². The second-order valence-electron chi connectivity index (χ2n) is 6.85. The highest BCUT2D eigenvalue weighted by Gasteiger charge is 2.26. The Kier molecular flexibility index (Phi) is 5.43. The van der Waals surface area contributed by atoms with Gasteiger partial charge in [0.15, 0.2) is 0 Å². The summed E-state index contributed by atoms with van der Waals surface area (Å²) in [6, 6.07) is 7.49. The molecule has 3 rings (SSSR count). The fourth-order valence-corrected chi connectivity index (χ4v) is 3.33. The maximum atomic E-state index is 12.9. The summed E-state index contributed by atoms with van der Waals surface area (Å²) in [5, 5.41) is 2.89. The molecule has 0 radical (unpaired) electrons. The molecule has 2 heterocycles. The standard InChI is InChI=1S/C19H23FN4O3/c1-22-16(11-17(25)23(2)19(22)27)24-9-7-14(8-10-24)18(26)21-12-13-3-5-15(20)6-4-13/h3-6,11,14H,7-10,12H2,1-2H3,(H,21,26). The molecule has 0 saturated carbocycles. The Morgan fingerprint density at radius 2 is 1.74 bits per heavy atom. The van der Waals surface area contributed by atoms with Gasteiger partial charge in [0.2, 0.25) is 5.91 Å². The van der Waals surface area contributed by atoms with Crippen molar-refractivity contribution in [3.63, 3.8) is 0 Å². The molecule has 0 unspecified atom stereocenters. The molecule has 144 valence electrons. The highest BCUT2D eigenvalue weighted by Crippen LogP contribution is 2.21. The van der Waals surface area contributed by atoms with Crippen molar-refractivity contribution < 1.29 is 9.18 Å². The van der Waals surface area contributed by atoms with Gasteiger partial charge >= 0.3 is 5.69 Å². The topological polar surface area (TPSA) is 76.3 Å². The van der Waals surface area contributed by atoms with Crippen molar-refractivity contribution in [3.8, 4) is 0 Å². The molecule has 1 aromatic heterocycles. The molecule has 7 nitrogen and oxygen atoms in total. The van der Waals surface area contributed by atoms with Crippen LogP contribution in [0.1, 0.15) is 18.4 Å². The minimum atomic E-state index is -0.364. The molecule has 0 atom stereocenters. The molecule has 1 fully saturated rings. The Hall–Kier alpha value is -2.90. The van der Waals surface area contributed by atoms with Gasteiger partial charge in [-0.3, -0.25) is 18.7 Å². The van der Waals surface area contributed by atoms with Gasteiger partial charge in [0, 0.05) is 45.7 Å². The van der Waals surface area contributed by atoms with Gasteiger partial charge in [0.1, 0.15) is 11.6 Å². The lowest BCUT2D eigenvalue weighted by Crippen LogP contribution is -2.44. The van der Waals surface area contributed by atoms with Crippen molar-refractivity contribution in [2.45, 2.75) is 19.4 Å². The lowest BCUT2D eigenvalue weighted by atomic mass is 9.96. The van der Waals surface area contributed by atoms with Crippen LogP contribution in [0.15, 0.2) is 39.9 Å². The molecule has 0 spiro atoms. The molecule has 1 aliphatic heterocycles. The van der Waals surface area contributed by atoms with Crippen LogP contribution in [-0.2, 0) is 25.4 Å². The third-order valence-electron chi connectivity index (χ3n) is 5.07. The van der Waals surface area contributed by atoms with Crippen molar-refractivity contribution in [2.24, 2.45) is 20.0 Å². The zero-order chi connectivity index (χ0) is 19.6. The number of carbonyl (C=O) groups is 1. The first-order valence-electron chi connectivity index (χ1n) is 8.91. The molecule has 1 aliphatic rings. The number of aromatic nitrogens is 2. The minimum absolute atomic E-state index is 0.0307. The van der Waals surface area contributed by atoms with E-state index in [1.165, 1.54) is 29.8 Å². The molecular weight excluding hydrogens is 351 g/mol. The Morgan fingerprint density at radius 1 is 1.11 bits per heavy atom.